The van der Waals surface area contributed by atoms with E-state index >= 15 is 0 Å². The standard InChI is InChI=1S/C17H19F2N/c1-12-5-3-4-6-13(12)7-10-17(20-2)15-9-8-14(18)11-16(15)19/h3-6,8-9,11,17,20H,7,10H2,1-2H3. The fourth-order valence-corrected chi connectivity index (χ4v) is 2.43. The van der Waals surface area contributed by atoms with Crippen molar-refractivity contribution in [3.05, 3.63) is 70.8 Å². The maximum Gasteiger partial charge on any atom is 0.130 e. The highest BCUT2D eigenvalue weighted by Gasteiger charge is 2.14. The Kier molecular flexibility index (Phi) is 4.85. The highest BCUT2D eigenvalue weighted by atomic mass is 19.1. The predicted octanol–water partition coefficient (Wildman–Crippen LogP) is 4.17. The largest absolute Gasteiger partial charge is 0.313 e. The lowest BCUT2D eigenvalue weighted by atomic mass is 9.96. The Bertz CT molecular complexity index is 581. The van der Waals surface area contributed by atoms with Crippen molar-refractivity contribution in [2.24, 2.45) is 0 Å². The first-order valence-electron chi connectivity index (χ1n) is 6.78. The van der Waals surface area contributed by atoms with Crippen LogP contribution in [0.5, 0.6) is 0 Å². The van der Waals surface area contributed by atoms with Gasteiger partial charge in [-0.3, -0.25) is 0 Å². The van der Waals surface area contributed by atoms with E-state index in [1.165, 1.54) is 23.3 Å². The predicted molar refractivity (Wildman–Crippen MR) is 77.7 cm³/mol. The van der Waals surface area contributed by atoms with Crippen LogP contribution in [-0.4, -0.2) is 7.05 Å². The van der Waals surface area contributed by atoms with Gasteiger partial charge in [0.05, 0.1) is 0 Å². The molecular formula is C17H19F2N. The molecule has 0 spiro atoms. The van der Waals surface area contributed by atoms with Crippen molar-refractivity contribution in [2.45, 2.75) is 25.8 Å². The van der Waals surface area contributed by atoms with E-state index < -0.39 is 11.6 Å². The molecule has 0 aliphatic rings. The molecule has 0 aliphatic heterocycles. The second-order valence-electron chi connectivity index (χ2n) is 4.97. The molecule has 0 radical (unpaired) electrons. The molecular weight excluding hydrogens is 256 g/mol. The Morgan fingerprint density at radius 2 is 1.85 bits per heavy atom. The molecule has 106 valence electrons. The number of hydrogen-bond donors (Lipinski definition) is 1. The van der Waals surface area contributed by atoms with Crippen LogP contribution in [-0.2, 0) is 6.42 Å². The third kappa shape index (κ3) is 3.42. The highest BCUT2D eigenvalue weighted by molar-refractivity contribution is 5.27. The summed E-state index contributed by atoms with van der Waals surface area (Å²) in [6.07, 6.45) is 1.62. The zero-order valence-corrected chi connectivity index (χ0v) is 11.8. The first-order chi connectivity index (χ1) is 9.61. The minimum Gasteiger partial charge on any atom is -0.313 e. The Morgan fingerprint density at radius 3 is 2.50 bits per heavy atom. The fourth-order valence-electron chi connectivity index (χ4n) is 2.43. The SMILES string of the molecule is CNC(CCc1ccccc1C)c1ccc(F)cc1F. The van der Waals surface area contributed by atoms with Crippen LogP contribution < -0.4 is 5.32 Å². The van der Waals surface area contributed by atoms with Crippen LogP contribution in [0.25, 0.3) is 0 Å². The van der Waals surface area contributed by atoms with Gasteiger partial charge in [0.1, 0.15) is 11.6 Å². The van der Waals surface area contributed by atoms with Gasteiger partial charge < -0.3 is 5.32 Å². The summed E-state index contributed by atoms with van der Waals surface area (Å²) in [6, 6.07) is 11.8. The summed E-state index contributed by atoms with van der Waals surface area (Å²) in [6.45, 7) is 2.07. The molecule has 2 rings (SSSR count). The van der Waals surface area contributed by atoms with Crippen molar-refractivity contribution in [1.29, 1.82) is 0 Å². The molecule has 0 aliphatic carbocycles. The first-order valence-corrected chi connectivity index (χ1v) is 6.78. The van der Waals surface area contributed by atoms with Gasteiger partial charge >= 0.3 is 0 Å². The molecule has 0 saturated heterocycles. The molecule has 0 heterocycles. The van der Waals surface area contributed by atoms with Crippen LogP contribution in [0.1, 0.15) is 29.2 Å². The molecule has 1 atom stereocenters. The lowest BCUT2D eigenvalue weighted by molar-refractivity contribution is 0.500. The summed E-state index contributed by atoms with van der Waals surface area (Å²) >= 11 is 0. The van der Waals surface area contributed by atoms with Gasteiger partial charge in [-0.25, -0.2) is 8.78 Å². The summed E-state index contributed by atoms with van der Waals surface area (Å²) < 4.78 is 26.8. The van der Waals surface area contributed by atoms with E-state index in [1.54, 1.807) is 7.05 Å². The van der Waals surface area contributed by atoms with Crippen molar-refractivity contribution in [3.8, 4) is 0 Å². The number of hydrogen-bond acceptors (Lipinski definition) is 1. The quantitative estimate of drug-likeness (QED) is 0.863. The van der Waals surface area contributed by atoms with E-state index in [2.05, 4.69) is 24.4 Å². The minimum absolute atomic E-state index is 0.116. The summed E-state index contributed by atoms with van der Waals surface area (Å²) in [5, 5.41) is 3.11. The van der Waals surface area contributed by atoms with Crippen LogP contribution in [0.15, 0.2) is 42.5 Å². The molecule has 2 aromatic carbocycles. The topological polar surface area (TPSA) is 12.0 Å². The van der Waals surface area contributed by atoms with Crippen LogP contribution in [0, 0.1) is 18.6 Å². The zero-order valence-electron chi connectivity index (χ0n) is 11.8. The number of halogens is 2. The number of benzene rings is 2. The molecule has 0 aromatic heterocycles. The summed E-state index contributed by atoms with van der Waals surface area (Å²) in [7, 11) is 1.80. The van der Waals surface area contributed by atoms with Crippen molar-refractivity contribution in [1.82, 2.24) is 5.32 Å². The maximum atomic E-state index is 13.8. The van der Waals surface area contributed by atoms with Gasteiger partial charge in [-0.05, 0) is 44.0 Å². The Labute approximate surface area is 118 Å². The first kappa shape index (κ1) is 14.7. The molecule has 20 heavy (non-hydrogen) atoms. The van der Waals surface area contributed by atoms with Crippen LogP contribution in [0.3, 0.4) is 0 Å². The molecule has 3 heteroatoms. The Hall–Kier alpha value is -1.74. The normalized spacial score (nSPS) is 12.4. The van der Waals surface area contributed by atoms with Gasteiger partial charge in [-0.2, -0.15) is 0 Å². The molecule has 0 saturated carbocycles. The summed E-state index contributed by atoms with van der Waals surface area (Å²) in [5.41, 5.74) is 3.01. The van der Waals surface area contributed by atoms with Crippen molar-refractivity contribution in [2.75, 3.05) is 7.05 Å². The van der Waals surface area contributed by atoms with Gasteiger partial charge in [0.15, 0.2) is 0 Å². The smallest absolute Gasteiger partial charge is 0.130 e. The molecule has 1 unspecified atom stereocenters. The van der Waals surface area contributed by atoms with E-state index in [4.69, 9.17) is 0 Å². The van der Waals surface area contributed by atoms with Gasteiger partial charge in [-0.15, -0.1) is 0 Å². The average Bonchev–Trinajstić information content (AvgIpc) is 2.43. The van der Waals surface area contributed by atoms with Gasteiger partial charge in [0.2, 0.25) is 0 Å². The molecule has 1 nitrogen and oxygen atoms in total. The van der Waals surface area contributed by atoms with Crippen molar-refractivity contribution < 1.29 is 8.78 Å². The third-order valence-electron chi connectivity index (χ3n) is 3.65. The fraction of sp³-hybridized carbons (Fsp3) is 0.294. The number of aryl methyl sites for hydroxylation is 2. The molecule has 0 bridgehead atoms. The Morgan fingerprint density at radius 1 is 1.10 bits per heavy atom. The Balaban J connectivity index is 2.11. The van der Waals surface area contributed by atoms with Gasteiger partial charge in [0.25, 0.3) is 0 Å². The van der Waals surface area contributed by atoms with E-state index in [-0.39, 0.29) is 6.04 Å². The van der Waals surface area contributed by atoms with Crippen LogP contribution >= 0.6 is 0 Å². The van der Waals surface area contributed by atoms with Crippen molar-refractivity contribution >= 4 is 0 Å². The summed E-state index contributed by atoms with van der Waals surface area (Å²) in [5.74, 6) is -1.03. The van der Waals surface area contributed by atoms with E-state index in [0.29, 0.717) is 5.56 Å². The zero-order chi connectivity index (χ0) is 14.5. The highest BCUT2D eigenvalue weighted by Crippen LogP contribution is 2.23. The second kappa shape index (κ2) is 6.62. The van der Waals surface area contributed by atoms with Crippen LogP contribution in [0.2, 0.25) is 0 Å². The van der Waals surface area contributed by atoms with E-state index in [1.807, 2.05) is 12.1 Å². The molecule has 0 fully saturated rings. The number of rotatable bonds is 5. The summed E-state index contributed by atoms with van der Waals surface area (Å²) in [4.78, 5) is 0. The molecule has 0 amide bonds. The average molecular weight is 275 g/mol. The van der Waals surface area contributed by atoms with E-state index in [9.17, 15) is 8.78 Å². The molecule has 2 aromatic rings. The van der Waals surface area contributed by atoms with Crippen molar-refractivity contribution in [3.63, 3.8) is 0 Å². The maximum absolute atomic E-state index is 13.8. The van der Waals surface area contributed by atoms with E-state index in [0.717, 1.165) is 18.9 Å². The van der Waals surface area contributed by atoms with Gasteiger partial charge in [0, 0.05) is 17.7 Å². The van der Waals surface area contributed by atoms with Gasteiger partial charge in [-0.1, -0.05) is 30.3 Å². The number of nitrogens with one attached hydrogen (secondary N) is 1. The lowest BCUT2D eigenvalue weighted by Crippen LogP contribution is -2.18. The minimum atomic E-state index is -0.542. The van der Waals surface area contributed by atoms with Crippen LogP contribution in [0.4, 0.5) is 8.78 Å². The third-order valence-corrected chi connectivity index (χ3v) is 3.65. The molecule has 1 N–H and O–H groups in total. The monoisotopic (exact) mass is 275 g/mol. The lowest BCUT2D eigenvalue weighted by Gasteiger charge is -2.18. The second-order valence-corrected chi connectivity index (χ2v) is 4.97.